The minimum absolute atomic E-state index is 0.552. The van der Waals surface area contributed by atoms with Crippen molar-refractivity contribution in [2.75, 3.05) is 19.7 Å². The molecule has 1 aliphatic rings. The predicted octanol–water partition coefficient (Wildman–Crippen LogP) is 0.942. The predicted molar refractivity (Wildman–Crippen MR) is 55.4 cm³/mol. The average molecular weight is 203 g/mol. The molecule has 1 aromatic heterocycles. The van der Waals surface area contributed by atoms with Gasteiger partial charge in [0, 0.05) is 18.7 Å². The summed E-state index contributed by atoms with van der Waals surface area (Å²) in [7, 11) is 0. The Labute approximate surface area is 88.9 Å². The van der Waals surface area contributed by atoms with Gasteiger partial charge in [-0.1, -0.05) is 0 Å². The van der Waals surface area contributed by atoms with Gasteiger partial charge >= 0.3 is 0 Å². The number of hydrogen-bond donors (Lipinski definition) is 1. The highest BCUT2D eigenvalue weighted by atomic mass is 16.5. The summed E-state index contributed by atoms with van der Waals surface area (Å²) >= 11 is 0. The summed E-state index contributed by atoms with van der Waals surface area (Å²) in [6.07, 6.45) is 4.34. The molecule has 15 heavy (non-hydrogen) atoms. The van der Waals surface area contributed by atoms with Crippen molar-refractivity contribution >= 4 is 0 Å². The van der Waals surface area contributed by atoms with Crippen molar-refractivity contribution in [2.24, 2.45) is 5.92 Å². The molecule has 4 heteroatoms. The molecule has 2 rings (SSSR count). The van der Waals surface area contributed by atoms with Gasteiger partial charge in [0.2, 0.25) is 0 Å². The quantitative estimate of drug-likeness (QED) is 0.794. The van der Waals surface area contributed by atoms with Gasteiger partial charge in [-0.05, 0) is 19.0 Å². The molecule has 1 aliphatic heterocycles. The molecule has 1 saturated heterocycles. The fourth-order valence-corrected chi connectivity index (χ4v) is 1.65. The highest BCUT2D eigenvalue weighted by molar-refractivity contribution is 5.40. The van der Waals surface area contributed by atoms with E-state index in [0.717, 1.165) is 19.5 Å². The number of nitrogens with zero attached hydrogens (tertiary/aromatic N) is 2. The summed E-state index contributed by atoms with van der Waals surface area (Å²) < 4.78 is 5.59. The molecule has 0 aromatic carbocycles. The van der Waals surface area contributed by atoms with Crippen LogP contribution in [-0.4, -0.2) is 24.7 Å². The Balaban J connectivity index is 1.95. The van der Waals surface area contributed by atoms with Crippen LogP contribution >= 0.6 is 0 Å². The maximum Gasteiger partial charge on any atom is 0.155 e. The summed E-state index contributed by atoms with van der Waals surface area (Å²) in [6.45, 7) is 2.72. The Morgan fingerprint density at radius 1 is 1.67 bits per heavy atom. The largest absolute Gasteiger partial charge is 0.490 e. The maximum atomic E-state index is 8.84. The summed E-state index contributed by atoms with van der Waals surface area (Å²) in [5.74, 6) is 1.14. The lowest BCUT2D eigenvalue weighted by molar-refractivity contribution is 0.258. The molecule has 0 aliphatic carbocycles. The van der Waals surface area contributed by atoms with Crippen LogP contribution in [0.1, 0.15) is 12.0 Å². The van der Waals surface area contributed by atoms with Gasteiger partial charge in [0.05, 0.1) is 18.4 Å². The Morgan fingerprint density at radius 2 is 2.60 bits per heavy atom. The zero-order chi connectivity index (χ0) is 10.5. The van der Waals surface area contributed by atoms with E-state index in [-0.39, 0.29) is 0 Å². The Bertz CT molecular complexity index is 366. The second-order valence-corrected chi connectivity index (χ2v) is 3.65. The number of nitrogens with one attached hydrogen (secondary N) is 1. The first-order valence-corrected chi connectivity index (χ1v) is 5.08. The molecule has 0 radical (unpaired) electrons. The molecule has 0 saturated carbocycles. The van der Waals surface area contributed by atoms with Crippen LogP contribution in [0.5, 0.6) is 5.75 Å². The molecular formula is C11H13N3O. The van der Waals surface area contributed by atoms with Gasteiger partial charge in [-0.25, -0.2) is 0 Å². The van der Waals surface area contributed by atoms with Crippen LogP contribution in [-0.2, 0) is 0 Å². The minimum atomic E-state index is 0.552. The maximum absolute atomic E-state index is 8.84. The summed E-state index contributed by atoms with van der Waals surface area (Å²) in [5, 5.41) is 12.1. The van der Waals surface area contributed by atoms with Gasteiger partial charge in [0.15, 0.2) is 5.75 Å². The highest BCUT2D eigenvalue weighted by Gasteiger charge is 2.15. The molecule has 1 atom stereocenters. The van der Waals surface area contributed by atoms with E-state index in [0.29, 0.717) is 23.8 Å². The van der Waals surface area contributed by atoms with E-state index in [2.05, 4.69) is 16.4 Å². The zero-order valence-corrected chi connectivity index (χ0v) is 8.44. The fourth-order valence-electron chi connectivity index (χ4n) is 1.65. The van der Waals surface area contributed by atoms with Gasteiger partial charge < -0.3 is 10.1 Å². The smallest absolute Gasteiger partial charge is 0.155 e. The SMILES string of the molecule is N#Cc1ccncc1OCC1CCNC1. The van der Waals surface area contributed by atoms with Gasteiger partial charge in [-0.3, -0.25) is 4.98 Å². The van der Waals surface area contributed by atoms with E-state index in [1.54, 1.807) is 18.5 Å². The lowest BCUT2D eigenvalue weighted by atomic mass is 10.1. The molecule has 1 unspecified atom stereocenters. The van der Waals surface area contributed by atoms with Crippen LogP contribution in [0.3, 0.4) is 0 Å². The highest BCUT2D eigenvalue weighted by Crippen LogP contribution is 2.17. The fraction of sp³-hybridized carbons (Fsp3) is 0.455. The molecule has 1 fully saturated rings. The third kappa shape index (κ3) is 2.45. The molecule has 0 spiro atoms. The first kappa shape index (κ1) is 9.94. The third-order valence-corrected chi connectivity index (χ3v) is 2.54. The van der Waals surface area contributed by atoms with Gasteiger partial charge in [0.25, 0.3) is 0 Å². The van der Waals surface area contributed by atoms with Crippen LogP contribution in [0.4, 0.5) is 0 Å². The van der Waals surface area contributed by atoms with E-state index in [1.807, 2.05) is 0 Å². The van der Waals surface area contributed by atoms with Crippen molar-refractivity contribution in [1.82, 2.24) is 10.3 Å². The van der Waals surface area contributed by atoms with Crippen LogP contribution in [0.25, 0.3) is 0 Å². The second kappa shape index (κ2) is 4.76. The average Bonchev–Trinajstić information content (AvgIpc) is 2.79. The number of ether oxygens (including phenoxy) is 1. The van der Waals surface area contributed by atoms with Crippen LogP contribution in [0.2, 0.25) is 0 Å². The normalized spacial score (nSPS) is 19.8. The van der Waals surface area contributed by atoms with Crippen LogP contribution in [0, 0.1) is 17.2 Å². The van der Waals surface area contributed by atoms with Crippen LogP contribution < -0.4 is 10.1 Å². The molecule has 2 heterocycles. The monoisotopic (exact) mass is 203 g/mol. The second-order valence-electron chi connectivity index (χ2n) is 3.65. The Hall–Kier alpha value is -1.60. The van der Waals surface area contributed by atoms with Gasteiger partial charge in [0.1, 0.15) is 6.07 Å². The van der Waals surface area contributed by atoms with Crippen molar-refractivity contribution in [3.8, 4) is 11.8 Å². The van der Waals surface area contributed by atoms with Crippen molar-refractivity contribution in [3.63, 3.8) is 0 Å². The number of pyridine rings is 1. The molecule has 78 valence electrons. The van der Waals surface area contributed by atoms with Crippen molar-refractivity contribution < 1.29 is 4.74 Å². The van der Waals surface area contributed by atoms with Crippen molar-refractivity contribution in [1.29, 1.82) is 5.26 Å². The van der Waals surface area contributed by atoms with Crippen molar-refractivity contribution in [2.45, 2.75) is 6.42 Å². The zero-order valence-electron chi connectivity index (χ0n) is 8.44. The summed E-state index contributed by atoms with van der Waals surface area (Å²) in [4.78, 5) is 3.95. The number of rotatable bonds is 3. The topological polar surface area (TPSA) is 57.9 Å². The van der Waals surface area contributed by atoms with E-state index in [9.17, 15) is 0 Å². The lowest BCUT2D eigenvalue weighted by Gasteiger charge is -2.10. The summed E-state index contributed by atoms with van der Waals surface area (Å²) in [6, 6.07) is 3.76. The van der Waals surface area contributed by atoms with Crippen LogP contribution in [0.15, 0.2) is 18.5 Å². The Kier molecular flexibility index (Phi) is 3.15. The first-order valence-electron chi connectivity index (χ1n) is 5.08. The van der Waals surface area contributed by atoms with Gasteiger partial charge in [-0.15, -0.1) is 0 Å². The molecule has 4 nitrogen and oxygen atoms in total. The molecular weight excluding hydrogens is 190 g/mol. The third-order valence-electron chi connectivity index (χ3n) is 2.54. The molecule has 0 amide bonds. The molecule has 1 N–H and O–H groups in total. The Morgan fingerprint density at radius 3 is 3.33 bits per heavy atom. The first-order chi connectivity index (χ1) is 7.40. The number of aromatic nitrogens is 1. The lowest BCUT2D eigenvalue weighted by Crippen LogP contribution is -2.15. The number of nitriles is 1. The molecule has 0 bridgehead atoms. The van der Waals surface area contributed by atoms with E-state index < -0.39 is 0 Å². The van der Waals surface area contributed by atoms with E-state index in [1.165, 1.54) is 0 Å². The molecule has 1 aromatic rings. The van der Waals surface area contributed by atoms with E-state index in [4.69, 9.17) is 10.00 Å². The number of hydrogen-bond acceptors (Lipinski definition) is 4. The van der Waals surface area contributed by atoms with E-state index >= 15 is 0 Å². The standard InChI is InChI=1S/C11H13N3O/c12-5-10-2-4-14-7-11(10)15-8-9-1-3-13-6-9/h2,4,7,9,13H,1,3,6,8H2. The van der Waals surface area contributed by atoms with Crippen molar-refractivity contribution in [3.05, 3.63) is 24.0 Å². The summed E-state index contributed by atoms with van der Waals surface area (Å²) in [5.41, 5.74) is 0.552. The minimum Gasteiger partial charge on any atom is -0.490 e. The van der Waals surface area contributed by atoms with Gasteiger partial charge in [-0.2, -0.15) is 5.26 Å².